The van der Waals surface area contributed by atoms with E-state index in [4.69, 9.17) is 48.7 Å². The second kappa shape index (κ2) is 29.4. The summed E-state index contributed by atoms with van der Waals surface area (Å²) in [7, 11) is 0.230. The third-order valence-electron chi connectivity index (χ3n) is 17.3. The number of carbonyl (C=O) groups is 2. The van der Waals surface area contributed by atoms with Crippen molar-refractivity contribution in [3.63, 3.8) is 0 Å². The van der Waals surface area contributed by atoms with Gasteiger partial charge in [-0.15, -0.1) is 0 Å². The Labute approximate surface area is 548 Å². The van der Waals surface area contributed by atoms with Gasteiger partial charge in [0.15, 0.2) is 5.69 Å². The van der Waals surface area contributed by atoms with Gasteiger partial charge < -0.3 is 50.0 Å². The Balaban J connectivity index is 0.586. The number of aryl methyl sites for hydroxylation is 2. The van der Waals surface area contributed by atoms with Gasteiger partial charge in [0.25, 0.3) is 0 Å². The molecule has 4 heterocycles. The van der Waals surface area contributed by atoms with Gasteiger partial charge >= 0.3 is 12.1 Å². The fraction of sp³-hybridized carbons (Fsp3) is 0.424. The summed E-state index contributed by atoms with van der Waals surface area (Å²) in [5.41, 5.74) is 7.07. The number of amides is 4. The van der Waals surface area contributed by atoms with Crippen molar-refractivity contribution < 1.29 is 45.4 Å². The molecule has 6 atom stereocenters. The summed E-state index contributed by atoms with van der Waals surface area (Å²) in [5, 5.41) is 22.0. The largest absolute Gasteiger partial charge is 0.493 e. The lowest BCUT2D eigenvalue weighted by Gasteiger charge is -2.28. The molecule has 6 aromatic rings. The third-order valence-corrected chi connectivity index (χ3v) is 21.5. The first kappa shape index (κ1) is 67.1. The van der Waals surface area contributed by atoms with Crippen LogP contribution in [-0.4, -0.2) is 150 Å². The Bertz CT molecular complexity index is 3780. The number of unbranched alkanes of at least 4 members (excludes halogenated alkanes) is 1. The van der Waals surface area contributed by atoms with Gasteiger partial charge in [0.2, 0.25) is 20.0 Å². The van der Waals surface area contributed by atoms with Crippen LogP contribution in [0.3, 0.4) is 0 Å². The average Bonchev–Trinajstić information content (AvgIpc) is 1.59. The summed E-state index contributed by atoms with van der Waals surface area (Å²) in [5.74, 6) is 2.10. The molecule has 22 nitrogen and oxygen atoms in total. The first-order chi connectivity index (χ1) is 44.1. The Hall–Kier alpha value is -7.78. The molecule has 2 saturated heterocycles. The van der Waals surface area contributed by atoms with Gasteiger partial charge in [-0.3, -0.25) is 9.97 Å². The number of likely N-dealkylation sites (N-methyl/N-ethyl adjacent to an activating group) is 2. The molecule has 0 spiro atoms. The Morgan fingerprint density at radius 2 is 1.11 bits per heavy atom. The maximum absolute atomic E-state index is 13.9. The van der Waals surface area contributed by atoms with Crippen LogP contribution in [-0.2, 0) is 46.0 Å². The van der Waals surface area contributed by atoms with E-state index in [9.17, 15) is 31.7 Å². The van der Waals surface area contributed by atoms with Crippen LogP contribution in [0.2, 0.25) is 10.0 Å². The predicted octanol–water partition coefficient (Wildman–Crippen LogP) is 9.29. The van der Waals surface area contributed by atoms with E-state index < -0.39 is 32.3 Å². The lowest BCUT2D eigenvalue weighted by atomic mass is 10.0. The molecular weight excluding hydrogens is 1260 g/mol. The molecule has 2 aromatic heterocycles. The first-order valence-electron chi connectivity index (χ1n) is 30.6. The first-order valence-corrected chi connectivity index (χ1v) is 34.2. The van der Waals surface area contributed by atoms with E-state index in [1.165, 1.54) is 8.61 Å². The van der Waals surface area contributed by atoms with Gasteiger partial charge in [-0.2, -0.15) is 13.9 Å². The molecular formula is C66H76Cl2N12O10S2. The number of benzene rings is 4. The predicted molar refractivity (Wildman–Crippen MR) is 348 cm³/mol. The summed E-state index contributed by atoms with van der Waals surface area (Å²) >= 11 is 12.8. The van der Waals surface area contributed by atoms with Crippen molar-refractivity contribution in [3.8, 4) is 29.1 Å². The number of aromatic nitrogens is 2. The van der Waals surface area contributed by atoms with E-state index in [0.717, 1.165) is 22.3 Å². The van der Waals surface area contributed by atoms with E-state index in [1.807, 2.05) is 54.2 Å². The molecule has 2 aliphatic heterocycles. The maximum atomic E-state index is 13.9. The van der Waals surface area contributed by atoms with Crippen LogP contribution in [0.4, 0.5) is 15.3 Å². The van der Waals surface area contributed by atoms with E-state index >= 15 is 0 Å². The molecule has 486 valence electrons. The molecule has 92 heavy (non-hydrogen) atoms. The standard InChI is InChI=1S/C66H76Cl2N12O10S2/c1-41-24-52(10-12-61(41)89-63-56-27-46(67)26-45(34-69)54(56)32-59(63)77(4)5)91(83,84)79-22-16-43(37-79)39-87-50-14-20-71-48(30-50)35-75-65(81)73-18-8-9-19-74-66(82)76-36-49-31-51(15-21-72-49)88-40-44-17-23-80(38-44)92(85,86)53-11-13-62(42(2)25-53)90-64-57-28-47(68)29-58(70-3)55(57)33-60(64)78(6)7/h10-15,20-21,24-31,43-44,59-60,63-64H,8-9,16-19,22-23,32-33,35-40H2,1-2,4-7H3,(H2,73,75,81)(H2,74,76,82)/t43-,44-,59-,60-,63-,64-/m0/s1. The molecule has 4 amide bonds. The fourth-order valence-corrected chi connectivity index (χ4v) is 15.9. The smallest absolute Gasteiger partial charge is 0.315 e. The van der Waals surface area contributed by atoms with Crippen LogP contribution in [0.15, 0.2) is 107 Å². The highest BCUT2D eigenvalue weighted by molar-refractivity contribution is 7.89. The van der Waals surface area contributed by atoms with Crippen molar-refractivity contribution in [2.75, 3.05) is 80.7 Å². The third kappa shape index (κ3) is 15.8. The Kier molecular flexibility index (Phi) is 21.5. The number of hydrogen-bond acceptors (Lipinski definition) is 15. The lowest BCUT2D eigenvalue weighted by Crippen LogP contribution is -2.37. The number of nitrogens with zero attached hydrogens (tertiary/aromatic N) is 8. The molecule has 10 rings (SSSR count). The number of nitriles is 1. The number of rotatable bonds is 25. The summed E-state index contributed by atoms with van der Waals surface area (Å²) < 4.78 is 84.0. The average molecular weight is 1330 g/mol. The van der Waals surface area contributed by atoms with Crippen molar-refractivity contribution in [1.29, 1.82) is 5.26 Å². The van der Waals surface area contributed by atoms with Crippen LogP contribution >= 0.6 is 23.2 Å². The number of hydrogen-bond donors (Lipinski definition) is 4. The number of nitrogens with one attached hydrogen (secondary N) is 4. The molecule has 4 aromatic carbocycles. The van der Waals surface area contributed by atoms with Gasteiger partial charge in [-0.25, -0.2) is 31.3 Å². The number of sulfonamides is 2. The zero-order valence-corrected chi connectivity index (χ0v) is 55.4. The fourth-order valence-electron chi connectivity index (χ4n) is 12.2. The lowest BCUT2D eigenvalue weighted by molar-refractivity contribution is 0.110. The highest BCUT2D eigenvalue weighted by Gasteiger charge is 2.41. The zero-order chi connectivity index (χ0) is 65.4. The molecule has 2 fully saturated rings. The monoisotopic (exact) mass is 1330 g/mol. The Morgan fingerprint density at radius 1 is 0.652 bits per heavy atom. The SMILES string of the molecule is [C-]#[N+]c1cc(Cl)cc2c1C[C@H](N(C)C)[C@H]2Oc1ccc(S(=O)(=O)N2CC[C@H](COc3ccnc(CNC(=O)NCCCCNC(=O)NCc4cc(OC[C@H]5CCN(S(=O)(=O)c6ccc(O[C@H]7c8cc(Cl)cc(C#N)c8C[C@@H]7N(C)C)c(C)c6)C5)ccn4)c3)C2)cc1C. The summed E-state index contributed by atoms with van der Waals surface area (Å²) in [6.07, 6.45) is 6.09. The minimum Gasteiger partial charge on any atom is -0.493 e. The van der Waals surface area contributed by atoms with Crippen LogP contribution in [0, 0.1) is 43.6 Å². The van der Waals surface area contributed by atoms with Crippen LogP contribution in [0.1, 0.15) is 88.2 Å². The van der Waals surface area contributed by atoms with Crippen LogP contribution in [0.5, 0.6) is 23.0 Å². The van der Waals surface area contributed by atoms with Gasteiger partial charge in [-0.05, 0) is 187 Å². The van der Waals surface area contributed by atoms with Crippen molar-refractivity contribution in [3.05, 3.63) is 169 Å². The van der Waals surface area contributed by atoms with Crippen molar-refractivity contribution >= 4 is 61.0 Å². The van der Waals surface area contributed by atoms with E-state index in [0.29, 0.717) is 158 Å². The minimum absolute atomic E-state index is 0.0472. The van der Waals surface area contributed by atoms with Gasteiger partial charge in [0.1, 0.15) is 35.2 Å². The van der Waals surface area contributed by atoms with E-state index in [1.54, 1.807) is 85.2 Å². The molecule has 0 saturated carbocycles. The minimum atomic E-state index is -3.82. The molecule has 0 bridgehead atoms. The van der Waals surface area contributed by atoms with E-state index in [2.05, 4.69) is 51.9 Å². The quantitative estimate of drug-likeness (QED) is 0.0308. The van der Waals surface area contributed by atoms with Gasteiger partial charge in [-0.1, -0.05) is 23.2 Å². The second-order valence-corrected chi connectivity index (χ2v) is 28.9. The van der Waals surface area contributed by atoms with Crippen LogP contribution in [0.25, 0.3) is 4.85 Å². The molecule has 0 radical (unpaired) electrons. The van der Waals surface area contributed by atoms with Crippen molar-refractivity contribution in [1.82, 2.24) is 49.6 Å². The number of ether oxygens (including phenoxy) is 4. The molecule has 4 aliphatic rings. The normalized spacial score (nSPS) is 19.7. The van der Waals surface area contributed by atoms with Gasteiger partial charge in [0, 0.05) is 85.7 Å². The van der Waals surface area contributed by atoms with Crippen molar-refractivity contribution in [2.45, 2.75) is 99.5 Å². The summed E-state index contributed by atoms with van der Waals surface area (Å²) in [6, 6.07) is 25.2. The molecule has 4 N–H and O–H groups in total. The van der Waals surface area contributed by atoms with Crippen LogP contribution < -0.4 is 40.2 Å². The highest BCUT2D eigenvalue weighted by Crippen LogP contribution is 2.45. The zero-order valence-electron chi connectivity index (χ0n) is 52.2. The maximum Gasteiger partial charge on any atom is 0.315 e. The summed E-state index contributed by atoms with van der Waals surface area (Å²) in [6.45, 7) is 14.3. The molecule has 0 unspecified atom stereocenters. The molecule has 26 heteroatoms. The van der Waals surface area contributed by atoms with Crippen molar-refractivity contribution in [2.24, 2.45) is 11.8 Å². The number of pyridine rings is 2. The number of fused-ring (bicyclic) bond motifs is 2. The van der Waals surface area contributed by atoms with E-state index in [-0.39, 0.29) is 58.9 Å². The highest BCUT2D eigenvalue weighted by atomic mass is 35.5. The number of urea groups is 2. The molecule has 2 aliphatic carbocycles. The number of halogens is 2. The topological polar surface area (TPSA) is 254 Å². The van der Waals surface area contributed by atoms with Gasteiger partial charge in [0.05, 0.1) is 77.8 Å². The second-order valence-electron chi connectivity index (χ2n) is 24.2. The Morgan fingerprint density at radius 3 is 1.55 bits per heavy atom. The number of carbonyl (C=O) groups excluding carboxylic acids is 2. The summed E-state index contributed by atoms with van der Waals surface area (Å²) in [4.78, 5) is 42.2.